The minimum atomic E-state index is -0.523. The zero-order chi connectivity index (χ0) is 18.9. The SMILES string of the molecule is CCOC(=O)c1ccccc1NC(=O)/C(C#N)=C\N1CCCCC1CC. The molecular weight excluding hydrogens is 330 g/mol. The summed E-state index contributed by atoms with van der Waals surface area (Å²) in [5.74, 6) is -1.03. The second-order valence-electron chi connectivity index (χ2n) is 6.17. The van der Waals surface area contributed by atoms with Crippen LogP contribution in [0.2, 0.25) is 0 Å². The number of esters is 1. The van der Waals surface area contributed by atoms with Crippen molar-refractivity contribution in [3.05, 3.63) is 41.6 Å². The van der Waals surface area contributed by atoms with Crippen molar-refractivity contribution in [2.24, 2.45) is 0 Å². The number of anilines is 1. The van der Waals surface area contributed by atoms with E-state index in [4.69, 9.17) is 4.74 Å². The molecule has 26 heavy (non-hydrogen) atoms. The Morgan fingerprint density at radius 1 is 1.35 bits per heavy atom. The van der Waals surface area contributed by atoms with E-state index < -0.39 is 11.9 Å². The van der Waals surface area contributed by atoms with E-state index in [0.717, 1.165) is 25.8 Å². The molecule has 0 aromatic heterocycles. The van der Waals surface area contributed by atoms with Gasteiger partial charge in [0.1, 0.15) is 11.6 Å². The third-order valence-electron chi connectivity index (χ3n) is 4.47. The average Bonchev–Trinajstić information content (AvgIpc) is 2.66. The number of para-hydroxylation sites is 1. The number of carbonyl (C=O) groups is 2. The fraction of sp³-hybridized carbons (Fsp3) is 0.450. The molecule has 1 N–H and O–H groups in total. The zero-order valence-electron chi connectivity index (χ0n) is 15.3. The van der Waals surface area contributed by atoms with Gasteiger partial charge in [-0.05, 0) is 44.7 Å². The first kappa shape index (κ1) is 19.5. The van der Waals surface area contributed by atoms with Gasteiger partial charge in [-0.15, -0.1) is 0 Å². The summed E-state index contributed by atoms with van der Waals surface area (Å²) in [4.78, 5) is 26.7. The summed E-state index contributed by atoms with van der Waals surface area (Å²) in [5.41, 5.74) is 0.635. The summed E-state index contributed by atoms with van der Waals surface area (Å²) in [6, 6.07) is 8.95. The van der Waals surface area contributed by atoms with Gasteiger partial charge in [0, 0.05) is 18.8 Å². The van der Waals surface area contributed by atoms with Crippen molar-refractivity contribution >= 4 is 17.6 Å². The van der Waals surface area contributed by atoms with E-state index >= 15 is 0 Å². The third kappa shape index (κ3) is 4.85. The maximum atomic E-state index is 12.6. The van der Waals surface area contributed by atoms with Crippen molar-refractivity contribution < 1.29 is 14.3 Å². The molecule has 1 aliphatic heterocycles. The Kier molecular flexibility index (Phi) is 7.22. The normalized spacial score (nSPS) is 17.3. The molecule has 1 aromatic carbocycles. The molecule has 1 heterocycles. The van der Waals surface area contributed by atoms with Crippen molar-refractivity contribution in [2.75, 3.05) is 18.5 Å². The maximum Gasteiger partial charge on any atom is 0.340 e. The van der Waals surface area contributed by atoms with Crippen LogP contribution in [0.25, 0.3) is 0 Å². The van der Waals surface area contributed by atoms with E-state index in [0.29, 0.717) is 11.7 Å². The Labute approximate surface area is 154 Å². The van der Waals surface area contributed by atoms with Gasteiger partial charge in [0.15, 0.2) is 0 Å². The van der Waals surface area contributed by atoms with Crippen LogP contribution < -0.4 is 5.32 Å². The first-order chi connectivity index (χ1) is 12.6. The number of carbonyl (C=O) groups excluding carboxylic acids is 2. The van der Waals surface area contributed by atoms with Gasteiger partial charge in [0.2, 0.25) is 0 Å². The number of nitrogens with one attached hydrogen (secondary N) is 1. The van der Waals surface area contributed by atoms with Gasteiger partial charge in [-0.25, -0.2) is 4.79 Å². The Bertz CT molecular complexity index is 721. The van der Waals surface area contributed by atoms with Crippen LogP contribution >= 0.6 is 0 Å². The number of nitriles is 1. The highest BCUT2D eigenvalue weighted by atomic mass is 16.5. The summed E-state index contributed by atoms with van der Waals surface area (Å²) in [6.07, 6.45) is 5.92. The van der Waals surface area contributed by atoms with Crippen LogP contribution in [0.4, 0.5) is 5.69 Å². The second kappa shape index (κ2) is 9.62. The molecule has 1 saturated heterocycles. The lowest BCUT2D eigenvalue weighted by atomic mass is 10.0. The number of rotatable bonds is 6. The average molecular weight is 355 g/mol. The number of likely N-dealkylation sites (tertiary alicyclic amines) is 1. The molecule has 1 atom stereocenters. The van der Waals surface area contributed by atoms with Gasteiger partial charge in [0.25, 0.3) is 5.91 Å². The zero-order valence-corrected chi connectivity index (χ0v) is 15.3. The van der Waals surface area contributed by atoms with Crippen molar-refractivity contribution in [1.29, 1.82) is 5.26 Å². The molecule has 2 rings (SSSR count). The van der Waals surface area contributed by atoms with E-state index in [9.17, 15) is 14.9 Å². The van der Waals surface area contributed by atoms with E-state index in [1.807, 2.05) is 6.07 Å². The molecule has 1 unspecified atom stereocenters. The van der Waals surface area contributed by atoms with E-state index in [-0.39, 0.29) is 17.7 Å². The van der Waals surface area contributed by atoms with Crippen molar-refractivity contribution in [1.82, 2.24) is 4.90 Å². The number of hydrogen-bond donors (Lipinski definition) is 1. The molecule has 6 nitrogen and oxygen atoms in total. The summed E-state index contributed by atoms with van der Waals surface area (Å²) >= 11 is 0. The highest BCUT2D eigenvalue weighted by Crippen LogP contribution is 2.21. The van der Waals surface area contributed by atoms with E-state index in [1.165, 1.54) is 6.42 Å². The van der Waals surface area contributed by atoms with Gasteiger partial charge >= 0.3 is 5.97 Å². The Morgan fingerprint density at radius 2 is 2.12 bits per heavy atom. The quantitative estimate of drug-likeness (QED) is 0.480. The van der Waals surface area contributed by atoms with E-state index in [2.05, 4.69) is 17.1 Å². The summed E-state index contributed by atoms with van der Waals surface area (Å²) in [5, 5.41) is 12.1. The lowest BCUT2D eigenvalue weighted by Gasteiger charge is -2.34. The largest absolute Gasteiger partial charge is 0.462 e. The molecule has 138 valence electrons. The van der Waals surface area contributed by atoms with Crippen LogP contribution in [0.1, 0.15) is 49.9 Å². The number of amides is 1. The molecule has 1 aliphatic rings. The Morgan fingerprint density at radius 3 is 2.81 bits per heavy atom. The van der Waals surface area contributed by atoms with Gasteiger partial charge in [0.05, 0.1) is 17.9 Å². The summed E-state index contributed by atoms with van der Waals surface area (Å²) in [7, 11) is 0. The second-order valence-corrected chi connectivity index (χ2v) is 6.17. The molecule has 0 bridgehead atoms. The number of ether oxygens (including phenoxy) is 1. The van der Waals surface area contributed by atoms with Crippen LogP contribution in [0.5, 0.6) is 0 Å². The molecule has 0 radical (unpaired) electrons. The molecule has 1 fully saturated rings. The molecular formula is C20H25N3O3. The van der Waals surface area contributed by atoms with Gasteiger partial charge < -0.3 is 15.0 Å². The number of nitrogens with zero attached hydrogens (tertiary/aromatic N) is 2. The third-order valence-corrected chi connectivity index (χ3v) is 4.47. The van der Waals surface area contributed by atoms with Crippen molar-refractivity contribution in [3.63, 3.8) is 0 Å². The number of hydrogen-bond acceptors (Lipinski definition) is 5. The fourth-order valence-corrected chi connectivity index (χ4v) is 3.10. The smallest absolute Gasteiger partial charge is 0.340 e. The monoisotopic (exact) mass is 355 g/mol. The first-order valence-corrected chi connectivity index (χ1v) is 9.05. The molecule has 0 saturated carbocycles. The van der Waals surface area contributed by atoms with Gasteiger partial charge in [-0.3, -0.25) is 4.79 Å². The van der Waals surface area contributed by atoms with Crippen LogP contribution in [-0.2, 0) is 9.53 Å². The van der Waals surface area contributed by atoms with Crippen molar-refractivity contribution in [3.8, 4) is 6.07 Å². The molecule has 1 aromatic rings. The topological polar surface area (TPSA) is 82.4 Å². The lowest BCUT2D eigenvalue weighted by molar-refractivity contribution is -0.112. The summed E-state index contributed by atoms with van der Waals surface area (Å²) < 4.78 is 5.01. The summed E-state index contributed by atoms with van der Waals surface area (Å²) in [6.45, 7) is 4.92. The minimum Gasteiger partial charge on any atom is -0.462 e. The minimum absolute atomic E-state index is 0.0315. The Balaban J connectivity index is 2.19. The van der Waals surface area contributed by atoms with E-state index in [1.54, 1.807) is 37.4 Å². The molecule has 1 amide bonds. The van der Waals surface area contributed by atoms with Crippen LogP contribution in [0.15, 0.2) is 36.0 Å². The molecule has 0 aliphatic carbocycles. The molecule has 0 spiro atoms. The lowest BCUT2D eigenvalue weighted by Crippen LogP contribution is -2.35. The number of piperidine rings is 1. The highest BCUT2D eigenvalue weighted by molar-refractivity contribution is 6.09. The first-order valence-electron chi connectivity index (χ1n) is 9.05. The standard InChI is InChI=1S/C20H25N3O3/c1-3-16-9-7-8-12-23(16)14-15(13-21)19(24)22-18-11-6-5-10-17(18)20(25)26-4-2/h5-6,10-11,14,16H,3-4,7-9,12H2,1-2H3,(H,22,24)/b15-14-. The van der Waals surface area contributed by atoms with Crippen LogP contribution in [-0.4, -0.2) is 36.0 Å². The number of benzene rings is 1. The van der Waals surface area contributed by atoms with Crippen LogP contribution in [0.3, 0.4) is 0 Å². The predicted molar refractivity (Wildman–Crippen MR) is 99.4 cm³/mol. The van der Waals surface area contributed by atoms with Gasteiger partial charge in [-0.2, -0.15) is 5.26 Å². The predicted octanol–water partition coefficient (Wildman–Crippen LogP) is 3.47. The Hall–Kier alpha value is -2.81. The van der Waals surface area contributed by atoms with Crippen molar-refractivity contribution in [2.45, 2.75) is 45.6 Å². The fourth-order valence-electron chi connectivity index (χ4n) is 3.10. The molecule has 6 heteroatoms. The highest BCUT2D eigenvalue weighted by Gasteiger charge is 2.21. The van der Waals surface area contributed by atoms with Crippen LogP contribution in [0, 0.1) is 11.3 Å². The van der Waals surface area contributed by atoms with Gasteiger partial charge in [-0.1, -0.05) is 19.1 Å². The maximum absolute atomic E-state index is 12.6.